The summed E-state index contributed by atoms with van der Waals surface area (Å²) in [6, 6.07) is 4.61. The molecular weight excluding hydrogens is 392 g/mol. The van der Waals surface area contributed by atoms with E-state index in [0.29, 0.717) is 43.7 Å². The molecule has 8 heteroatoms. The van der Waals surface area contributed by atoms with Crippen LogP contribution in [-0.2, 0) is 4.79 Å². The topological polar surface area (TPSA) is 83.4 Å². The van der Waals surface area contributed by atoms with E-state index < -0.39 is 23.2 Å². The van der Waals surface area contributed by atoms with Crippen LogP contribution < -0.4 is 4.90 Å². The monoisotopic (exact) mass is 415 g/mol. The van der Waals surface area contributed by atoms with Gasteiger partial charge in [0.2, 0.25) is 5.91 Å². The van der Waals surface area contributed by atoms with Crippen molar-refractivity contribution in [3.05, 3.63) is 53.6 Å². The van der Waals surface area contributed by atoms with E-state index in [4.69, 9.17) is 0 Å². The maximum atomic E-state index is 13.6. The minimum atomic E-state index is -0.735. The van der Waals surface area contributed by atoms with Gasteiger partial charge in [0.1, 0.15) is 23.2 Å². The lowest BCUT2D eigenvalue weighted by Crippen LogP contribution is -2.43. The second kappa shape index (κ2) is 7.83. The lowest BCUT2D eigenvalue weighted by atomic mass is 9.66. The average Bonchev–Trinajstić information content (AvgIpc) is 3.00. The van der Waals surface area contributed by atoms with E-state index >= 15 is 0 Å². The van der Waals surface area contributed by atoms with Gasteiger partial charge in [0.25, 0.3) is 0 Å². The van der Waals surface area contributed by atoms with Crippen LogP contribution in [0.5, 0.6) is 0 Å². The number of aliphatic hydroxyl groups excluding tert-OH is 1. The zero-order chi connectivity index (χ0) is 21.5. The molecule has 6 nitrogen and oxygen atoms in total. The van der Waals surface area contributed by atoms with Crippen LogP contribution in [0.25, 0.3) is 0 Å². The largest absolute Gasteiger partial charge is 0.393 e. The number of aliphatic hydroxyl groups is 1. The Morgan fingerprint density at radius 2 is 2.00 bits per heavy atom. The number of anilines is 1. The van der Waals surface area contributed by atoms with Crippen LogP contribution in [0.4, 0.5) is 14.5 Å². The Labute approximate surface area is 173 Å². The second-order valence-corrected chi connectivity index (χ2v) is 8.30. The van der Waals surface area contributed by atoms with Crippen molar-refractivity contribution in [1.82, 2.24) is 9.97 Å². The van der Waals surface area contributed by atoms with Gasteiger partial charge in [-0.2, -0.15) is 0 Å². The molecule has 1 saturated heterocycles. The molecule has 1 aromatic heterocycles. The Kier molecular flexibility index (Phi) is 5.36. The summed E-state index contributed by atoms with van der Waals surface area (Å²) < 4.78 is 27.3. The van der Waals surface area contributed by atoms with Gasteiger partial charge in [-0.1, -0.05) is 0 Å². The molecule has 2 fully saturated rings. The average molecular weight is 415 g/mol. The number of hydrogen-bond donors (Lipinski definition) is 1. The molecular formula is C22H23F2N3O3. The number of aromatic nitrogens is 2. The highest BCUT2D eigenvalue weighted by atomic mass is 19.1. The van der Waals surface area contributed by atoms with Crippen LogP contribution in [0.1, 0.15) is 48.4 Å². The molecule has 4 rings (SSSR count). The molecule has 2 aliphatic rings. The number of ketones is 1. The number of carbonyl (C=O) groups excluding carboxylic acids is 2. The molecule has 1 spiro atoms. The minimum absolute atomic E-state index is 0.0846. The highest BCUT2D eigenvalue weighted by Crippen LogP contribution is 2.49. The van der Waals surface area contributed by atoms with Crippen molar-refractivity contribution in [1.29, 1.82) is 0 Å². The van der Waals surface area contributed by atoms with E-state index in [2.05, 4.69) is 9.97 Å². The van der Waals surface area contributed by atoms with Gasteiger partial charge in [-0.05, 0) is 56.7 Å². The smallest absolute Gasteiger partial charge is 0.233 e. The van der Waals surface area contributed by atoms with Crippen molar-refractivity contribution in [3.8, 4) is 0 Å². The first kappa shape index (κ1) is 20.5. The normalized spacial score (nSPS) is 26.4. The van der Waals surface area contributed by atoms with Crippen molar-refractivity contribution >= 4 is 17.4 Å². The van der Waals surface area contributed by atoms with Crippen LogP contribution in [-0.4, -0.2) is 39.4 Å². The fourth-order valence-electron chi connectivity index (χ4n) is 4.75. The number of rotatable bonds is 4. The van der Waals surface area contributed by atoms with E-state index in [1.165, 1.54) is 11.1 Å². The molecule has 2 aromatic rings. The van der Waals surface area contributed by atoms with E-state index in [1.54, 1.807) is 13.0 Å². The highest BCUT2D eigenvalue weighted by molar-refractivity contribution is 6.00. The summed E-state index contributed by atoms with van der Waals surface area (Å²) in [7, 11) is 0. The first-order valence-electron chi connectivity index (χ1n) is 10.1. The zero-order valence-corrected chi connectivity index (χ0v) is 16.6. The molecule has 1 aliphatic heterocycles. The SMILES string of the molecule is Cc1nccc(C(=O)CC2CC3(CCC2O)CCN(c2cc(F)cc(F)c2)C3=O)n1. The molecule has 1 saturated carbocycles. The van der Waals surface area contributed by atoms with E-state index in [9.17, 15) is 23.5 Å². The predicted octanol–water partition coefficient (Wildman–Crippen LogP) is 3.22. The van der Waals surface area contributed by atoms with Crippen molar-refractivity contribution in [2.75, 3.05) is 11.4 Å². The third kappa shape index (κ3) is 3.84. The molecule has 158 valence electrons. The van der Waals surface area contributed by atoms with Gasteiger partial charge in [-0.25, -0.2) is 18.7 Å². The fourth-order valence-corrected chi connectivity index (χ4v) is 4.75. The van der Waals surface area contributed by atoms with Gasteiger partial charge in [0.05, 0.1) is 11.5 Å². The minimum Gasteiger partial charge on any atom is -0.393 e. The number of halogens is 2. The number of nitrogens with zero attached hydrogens (tertiary/aromatic N) is 3. The number of aryl methyl sites for hydroxylation is 1. The molecule has 1 amide bonds. The molecule has 3 unspecified atom stereocenters. The van der Waals surface area contributed by atoms with E-state index in [1.807, 2.05) is 0 Å². The highest BCUT2D eigenvalue weighted by Gasteiger charge is 2.51. The number of benzene rings is 1. The van der Waals surface area contributed by atoms with Crippen molar-refractivity contribution in [2.24, 2.45) is 11.3 Å². The number of carbonyl (C=O) groups is 2. The molecule has 1 aromatic carbocycles. The Bertz CT molecular complexity index is 979. The first-order chi connectivity index (χ1) is 14.3. The van der Waals surface area contributed by atoms with Crippen molar-refractivity contribution < 1.29 is 23.5 Å². The summed E-state index contributed by atoms with van der Waals surface area (Å²) in [5.74, 6) is -1.76. The van der Waals surface area contributed by atoms with Gasteiger partial charge in [-0.15, -0.1) is 0 Å². The summed E-state index contributed by atoms with van der Waals surface area (Å²) in [5, 5.41) is 10.5. The van der Waals surface area contributed by atoms with Crippen LogP contribution in [0.15, 0.2) is 30.5 Å². The van der Waals surface area contributed by atoms with Gasteiger partial charge < -0.3 is 10.0 Å². The Morgan fingerprint density at radius 1 is 1.27 bits per heavy atom. The maximum Gasteiger partial charge on any atom is 0.233 e. The lowest BCUT2D eigenvalue weighted by Gasteiger charge is -2.39. The molecule has 3 atom stereocenters. The molecule has 2 heterocycles. The van der Waals surface area contributed by atoms with Crippen LogP contribution in [0.3, 0.4) is 0 Å². The number of Topliss-reactive ketones (excluding diaryl/α,β-unsaturated/α-hetero) is 1. The second-order valence-electron chi connectivity index (χ2n) is 8.30. The van der Waals surface area contributed by atoms with Crippen LogP contribution >= 0.6 is 0 Å². The fraction of sp³-hybridized carbons (Fsp3) is 0.455. The van der Waals surface area contributed by atoms with Crippen molar-refractivity contribution in [2.45, 2.75) is 45.1 Å². The molecule has 0 bridgehead atoms. The molecule has 0 radical (unpaired) electrons. The van der Waals surface area contributed by atoms with Crippen LogP contribution in [0.2, 0.25) is 0 Å². The third-order valence-corrected chi connectivity index (χ3v) is 6.30. The Hall–Kier alpha value is -2.74. The quantitative estimate of drug-likeness (QED) is 0.776. The Morgan fingerprint density at radius 3 is 2.70 bits per heavy atom. The Balaban J connectivity index is 1.52. The first-order valence-corrected chi connectivity index (χ1v) is 10.1. The van der Waals surface area contributed by atoms with E-state index in [-0.39, 0.29) is 29.7 Å². The molecule has 1 aliphatic carbocycles. The lowest BCUT2D eigenvalue weighted by molar-refractivity contribution is -0.130. The van der Waals surface area contributed by atoms with Gasteiger partial charge in [0.15, 0.2) is 5.78 Å². The number of hydrogen-bond acceptors (Lipinski definition) is 5. The molecule has 30 heavy (non-hydrogen) atoms. The van der Waals surface area contributed by atoms with E-state index in [0.717, 1.165) is 18.2 Å². The van der Waals surface area contributed by atoms with Gasteiger partial charge in [-0.3, -0.25) is 9.59 Å². The van der Waals surface area contributed by atoms with Crippen molar-refractivity contribution in [3.63, 3.8) is 0 Å². The number of amides is 1. The third-order valence-electron chi connectivity index (χ3n) is 6.30. The summed E-state index contributed by atoms with van der Waals surface area (Å²) >= 11 is 0. The summed E-state index contributed by atoms with van der Waals surface area (Å²) in [6.45, 7) is 2.05. The molecule has 1 N–H and O–H groups in total. The predicted molar refractivity (Wildman–Crippen MR) is 105 cm³/mol. The van der Waals surface area contributed by atoms with Gasteiger partial charge >= 0.3 is 0 Å². The standard InChI is InChI=1S/C22H23F2N3O3/c1-13-25-6-3-18(26-13)20(29)8-14-12-22(4-2-19(14)28)5-7-27(21(22)30)17-10-15(23)9-16(24)11-17/h3,6,9-11,14,19,28H,2,4-5,7-8,12H2,1H3. The summed E-state index contributed by atoms with van der Waals surface area (Å²) in [5.41, 5.74) is -0.234. The maximum absolute atomic E-state index is 13.6. The summed E-state index contributed by atoms with van der Waals surface area (Å²) in [4.78, 5) is 35.5. The zero-order valence-electron chi connectivity index (χ0n) is 16.6. The van der Waals surface area contributed by atoms with Crippen LogP contribution in [0, 0.1) is 29.9 Å². The summed E-state index contributed by atoms with van der Waals surface area (Å²) in [6.07, 6.45) is 2.68. The van der Waals surface area contributed by atoms with Gasteiger partial charge in [0, 0.05) is 30.9 Å².